The van der Waals surface area contributed by atoms with Crippen LogP contribution in [0.1, 0.15) is 25.7 Å². The van der Waals surface area contributed by atoms with E-state index in [1.807, 2.05) is 0 Å². The Labute approximate surface area is 82.4 Å². The number of carboxylic acids is 2. The van der Waals surface area contributed by atoms with Crippen molar-refractivity contribution >= 4 is 24.6 Å². The van der Waals surface area contributed by atoms with Crippen molar-refractivity contribution in [1.29, 1.82) is 0 Å². The van der Waals surface area contributed by atoms with Gasteiger partial charge in [-0.2, -0.15) is 12.6 Å². The lowest BCUT2D eigenvalue weighted by Crippen LogP contribution is -2.14. The first-order valence-corrected chi connectivity index (χ1v) is 4.76. The zero-order valence-corrected chi connectivity index (χ0v) is 8.17. The average molecular weight is 206 g/mol. The summed E-state index contributed by atoms with van der Waals surface area (Å²) in [4.78, 5) is 20.7. The van der Waals surface area contributed by atoms with Crippen LogP contribution in [0.2, 0.25) is 0 Å². The molecule has 0 aromatic carbocycles. The number of aliphatic carboxylic acids is 2. The normalized spacial score (nSPS) is 12.4. The first-order chi connectivity index (χ1) is 6.07. The van der Waals surface area contributed by atoms with Gasteiger partial charge in [-0.25, -0.2) is 0 Å². The van der Waals surface area contributed by atoms with E-state index >= 15 is 0 Å². The molecule has 13 heavy (non-hydrogen) atoms. The number of hydrogen-bond donors (Lipinski definition) is 3. The molecular formula is C8H14O4S. The van der Waals surface area contributed by atoms with Crippen molar-refractivity contribution in [2.45, 2.75) is 25.7 Å². The molecule has 0 saturated carbocycles. The first-order valence-electron chi connectivity index (χ1n) is 4.13. The molecule has 2 N–H and O–H groups in total. The minimum absolute atomic E-state index is 0.0380. The number of carbonyl (C=O) groups is 2. The maximum Gasteiger partial charge on any atom is 0.306 e. The SMILES string of the molecule is O=C(O)CCCC(CCS)C(=O)O. The van der Waals surface area contributed by atoms with Crippen LogP contribution in [0.15, 0.2) is 0 Å². The lowest BCUT2D eigenvalue weighted by atomic mass is 9.99. The topological polar surface area (TPSA) is 74.6 Å². The third kappa shape index (κ3) is 6.45. The van der Waals surface area contributed by atoms with Gasteiger partial charge in [-0.3, -0.25) is 9.59 Å². The molecule has 5 heteroatoms. The van der Waals surface area contributed by atoms with E-state index in [4.69, 9.17) is 10.2 Å². The Morgan fingerprint density at radius 3 is 2.23 bits per heavy atom. The molecule has 4 nitrogen and oxygen atoms in total. The Kier molecular flexibility index (Phi) is 6.40. The van der Waals surface area contributed by atoms with Crippen LogP contribution in [0, 0.1) is 5.92 Å². The number of carboxylic acid groups (broad SMARTS) is 2. The fraction of sp³-hybridized carbons (Fsp3) is 0.750. The number of hydrogen-bond acceptors (Lipinski definition) is 3. The summed E-state index contributed by atoms with van der Waals surface area (Å²) in [6.07, 6.45) is 1.37. The smallest absolute Gasteiger partial charge is 0.306 e. The molecular weight excluding hydrogens is 192 g/mol. The van der Waals surface area contributed by atoms with Crippen molar-refractivity contribution < 1.29 is 19.8 Å². The summed E-state index contributed by atoms with van der Waals surface area (Å²) in [5, 5.41) is 17.0. The fourth-order valence-corrected chi connectivity index (χ4v) is 1.36. The maximum atomic E-state index is 10.6. The van der Waals surface area contributed by atoms with E-state index in [1.54, 1.807) is 0 Å². The van der Waals surface area contributed by atoms with Gasteiger partial charge < -0.3 is 10.2 Å². The summed E-state index contributed by atoms with van der Waals surface area (Å²) in [7, 11) is 0. The largest absolute Gasteiger partial charge is 0.481 e. The van der Waals surface area contributed by atoms with Crippen LogP contribution in [0.25, 0.3) is 0 Å². The average Bonchev–Trinajstić information content (AvgIpc) is 2.02. The van der Waals surface area contributed by atoms with Crippen molar-refractivity contribution in [1.82, 2.24) is 0 Å². The molecule has 0 aromatic heterocycles. The van der Waals surface area contributed by atoms with E-state index in [2.05, 4.69) is 12.6 Å². The highest BCUT2D eigenvalue weighted by Gasteiger charge is 2.16. The fourth-order valence-electron chi connectivity index (χ4n) is 1.05. The van der Waals surface area contributed by atoms with Crippen LogP contribution in [0.3, 0.4) is 0 Å². The maximum absolute atomic E-state index is 10.6. The molecule has 0 aliphatic carbocycles. The van der Waals surface area contributed by atoms with E-state index in [9.17, 15) is 9.59 Å². The van der Waals surface area contributed by atoms with Crippen molar-refractivity contribution in [3.63, 3.8) is 0 Å². The van der Waals surface area contributed by atoms with Crippen molar-refractivity contribution in [2.75, 3.05) is 5.75 Å². The molecule has 0 amide bonds. The molecule has 1 atom stereocenters. The molecule has 0 aliphatic rings. The molecule has 0 fully saturated rings. The Morgan fingerprint density at radius 2 is 1.85 bits per heavy atom. The third-order valence-corrected chi connectivity index (χ3v) is 2.03. The molecule has 0 aliphatic heterocycles. The predicted octanol–water partition coefficient (Wildman–Crippen LogP) is 1.26. The highest BCUT2D eigenvalue weighted by atomic mass is 32.1. The summed E-state index contributed by atoms with van der Waals surface area (Å²) in [6.45, 7) is 0. The Hall–Kier alpha value is -0.710. The van der Waals surface area contributed by atoms with E-state index < -0.39 is 17.9 Å². The number of rotatable bonds is 7. The molecule has 0 radical (unpaired) electrons. The van der Waals surface area contributed by atoms with E-state index in [1.165, 1.54) is 0 Å². The van der Waals surface area contributed by atoms with Crippen molar-refractivity contribution in [3.8, 4) is 0 Å². The lowest BCUT2D eigenvalue weighted by molar-refractivity contribution is -0.143. The van der Waals surface area contributed by atoms with Gasteiger partial charge in [0.1, 0.15) is 0 Å². The summed E-state index contributed by atoms with van der Waals surface area (Å²) < 4.78 is 0. The summed E-state index contributed by atoms with van der Waals surface area (Å²) in [5.41, 5.74) is 0. The van der Waals surface area contributed by atoms with Crippen LogP contribution in [-0.2, 0) is 9.59 Å². The molecule has 1 unspecified atom stereocenters. The van der Waals surface area contributed by atoms with Gasteiger partial charge in [0.2, 0.25) is 0 Å². The number of thiol groups is 1. The summed E-state index contributed by atoms with van der Waals surface area (Å²) in [5.74, 6) is -1.67. The molecule has 0 bridgehead atoms. The van der Waals surface area contributed by atoms with Gasteiger partial charge in [0.25, 0.3) is 0 Å². The highest BCUT2D eigenvalue weighted by molar-refractivity contribution is 7.80. The van der Waals surface area contributed by atoms with E-state index in [0.29, 0.717) is 25.0 Å². The van der Waals surface area contributed by atoms with Crippen molar-refractivity contribution in [3.05, 3.63) is 0 Å². The highest BCUT2D eigenvalue weighted by Crippen LogP contribution is 2.13. The second-order valence-corrected chi connectivity index (χ2v) is 3.28. The van der Waals surface area contributed by atoms with Gasteiger partial charge >= 0.3 is 11.9 Å². The zero-order valence-electron chi connectivity index (χ0n) is 7.27. The quantitative estimate of drug-likeness (QED) is 0.548. The van der Waals surface area contributed by atoms with Crippen LogP contribution < -0.4 is 0 Å². The van der Waals surface area contributed by atoms with Crippen LogP contribution in [0.4, 0.5) is 0 Å². The summed E-state index contributed by atoms with van der Waals surface area (Å²) in [6, 6.07) is 0. The predicted molar refractivity (Wildman–Crippen MR) is 51.1 cm³/mol. The molecule has 0 spiro atoms. The monoisotopic (exact) mass is 206 g/mol. The van der Waals surface area contributed by atoms with Gasteiger partial charge in [-0.1, -0.05) is 0 Å². The Bertz CT molecular complexity index is 181. The van der Waals surface area contributed by atoms with Crippen LogP contribution >= 0.6 is 12.6 Å². The van der Waals surface area contributed by atoms with Gasteiger partial charge in [0, 0.05) is 6.42 Å². The molecule has 0 rings (SSSR count). The van der Waals surface area contributed by atoms with Gasteiger partial charge in [-0.05, 0) is 25.0 Å². The second kappa shape index (κ2) is 6.77. The zero-order chi connectivity index (χ0) is 10.3. The van der Waals surface area contributed by atoms with Gasteiger partial charge in [-0.15, -0.1) is 0 Å². The molecule has 0 aromatic rings. The minimum atomic E-state index is -0.880. The molecule has 76 valence electrons. The van der Waals surface area contributed by atoms with E-state index in [-0.39, 0.29) is 6.42 Å². The molecule has 0 saturated heterocycles. The second-order valence-electron chi connectivity index (χ2n) is 2.83. The lowest BCUT2D eigenvalue weighted by Gasteiger charge is -2.08. The first kappa shape index (κ1) is 12.3. The van der Waals surface area contributed by atoms with Crippen molar-refractivity contribution in [2.24, 2.45) is 5.92 Å². The minimum Gasteiger partial charge on any atom is -0.481 e. The van der Waals surface area contributed by atoms with E-state index in [0.717, 1.165) is 0 Å². The van der Waals surface area contributed by atoms with Gasteiger partial charge in [0.05, 0.1) is 5.92 Å². The van der Waals surface area contributed by atoms with Crippen LogP contribution in [-0.4, -0.2) is 27.9 Å². The Balaban J connectivity index is 3.69. The van der Waals surface area contributed by atoms with Gasteiger partial charge in [0.15, 0.2) is 0 Å². The third-order valence-electron chi connectivity index (χ3n) is 1.77. The van der Waals surface area contributed by atoms with Crippen LogP contribution in [0.5, 0.6) is 0 Å². The molecule has 0 heterocycles. The summed E-state index contributed by atoms with van der Waals surface area (Å²) >= 11 is 3.94. The standard InChI is InChI=1S/C8H14O4S/c9-7(10)3-1-2-6(4-5-13)8(11)12/h6,13H,1-5H2,(H,9,10)(H,11,12). The Morgan fingerprint density at radius 1 is 1.23 bits per heavy atom.